The number of carbonyl (C=O) groups is 1. The molecule has 5 nitrogen and oxygen atoms in total. The Bertz CT molecular complexity index is 453. The van der Waals surface area contributed by atoms with Gasteiger partial charge in [0.2, 0.25) is 0 Å². The number of alkyl halides is 3. The first-order valence-corrected chi connectivity index (χ1v) is 9.49. The zero-order valence-electron chi connectivity index (χ0n) is 15.7. The van der Waals surface area contributed by atoms with Crippen molar-refractivity contribution in [3.63, 3.8) is 0 Å². The molecule has 0 aliphatic carbocycles. The fraction of sp³-hybridized carbons (Fsp3) is 0.938. The molecule has 1 N–H and O–H groups in total. The normalized spacial score (nSPS) is 20.3. The van der Waals surface area contributed by atoms with Gasteiger partial charge in [0, 0.05) is 24.5 Å². The Balaban J connectivity index is 2.71. The molecule has 2 atom stereocenters. The highest BCUT2D eigenvalue weighted by Gasteiger charge is 2.49. The van der Waals surface area contributed by atoms with Gasteiger partial charge in [0.05, 0.1) is 0 Å². The number of piperidine rings is 1. The van der Waals surface area contributed by atoms with Crippen LogP contribution in [0, 0.1) is 5.92 Å². The summed E-state index contributed by atoms with van der Waals surface area (Å²) in [7, 11) is 0. The number of ether oxygens (including phenoxy) is 1. The Kier molecular flexibility index (Phi) is 7.09. The van der Waals surface area contributed by atoms with Gasteiger partial charge in [0.15, 0.2) is 6.04 Å². The summed E-state index contributed by atoms with van der Waals surface area (Å²) in [6.45, 7) is 10.5. The van der Waals surface area contributed by atoms with Crippen molar-refractivity contribution < 1.29 is 27.3 Å². The Morgan fingerprint density at radius 2 is 1.64 bits per heavy atom. The molecule has 0 aromatic carbocycles. The van der Waals surface area contributed by atoms with Crippen LogP contribution in [0.1, 0.15) is 54.4 Å². The fourth-order valence-electron chi connectivity index (χ4n) is 2.46. The standard InChI is InChI=1S/C16H29F3N2O3S/c1-14(2,3)24-13(22)21-9-7-11(8-10-21)12(16(17,18)19)20-25(23)15(4,5)6/h11-12,20H,7-10H2,1-6H3. The molecule has 1 amide bonds. The molecule has 1 fully saturated rings. The SMILES string of the molecule is CC(C)(C)OC(=O)N1CCC(C(N[S+]([O-])C(C)(C)C)C(F)(F)F)CC1. The molecule has 0 bridgehead atoms. The lowest BCUT2D eigenvalue weighted by atomic mass is 9.89. The van der Waals surface area contributed by atoms with E-state index in [9.17, 15) is 22.5 Å². The predicted octanol–water partition coefficient (Wildman–Crippen LogP) is 3.62. The lowest BCUT2D eigenvalue weighted by Crippen LogP contribution is -2.56. The Morgan fingerprint density at radius 3 is 2.00 bits per heavy atom. The second kappa shape index (κ2) is 7.92. The van der Waals surface area contributed by atoms with Crippen molar-refractivity contribution in [2.45, 2.75) is 77.0 Å². The summed E-state index contributed by atoms with van der Waals surface area (Å²) in [4.78, 5) is 13.4. The zero-order chi connectivity index (χ0) is 19.6. The first-order valence-electron chi connectivity index (χ1n) is 8.34. The minimum absolute atomic E-state index is 0.178. The predicted molar refractivity (Wildman–Crippen MR) is 91.4 cm³/mol. The van der Waals surface area contributed by atoms with Gasteiger partial charge in [-0.1, -0.05) is 0 Å². The van der Waals surface area contributed by atoms with Gasteiger partial charge in [-0.05, 0) is 60.3 Å². The van der Waals surface area contributed by atoms with Crippen molar-refractivity contribution in [2.75, 3.05) is 13.1 Å². The second-order valence-corrected chi connectivity index (χ2v) is 10.3. The summed E-state index contributed by atoms with van der Waals surface area (Å²) in [5.74, 6) is -0.731. The Morgan fingerprint density at radius 1 is 1.16 bits per heavy atom. The molecule has 1 saturated heterocycles. The molecule has 1 rings (SSSR count). The molecule has 9 heteroatoms. The van der Waals surface area contributed by atoms with E-state index in [1.54, 1.807) is 41.5 Å². The van der Waals surface area contributed by atoms with E-state index in [-0.39, 0.29) is 25.9 Å². The summed E-state index contributed by atoms with van der Waals surface area (Å²) in [5.41, 5.74) is -0.645. The van der Waals surface area contributed by atoms with E-state index in [1.165, 1.54) is 4.90 Å². The minimum Gasteiger partial charge on any atom is -0.598 e. The van der Waals surface area contributed by atoms with E-state index in [4.69, 9.17) is 4.74 Å². The number of amides is 1. The molecule has 1 heterocycles. The van der Waals surface area contributed by atoms with Crippen LogP contribution in [0.3, 0.4) is 0 Å². The number of likely N-dealkylation sites (tertiary alicyclic amines) is 1. The third kappa shape index (κ3) is 7.22. The van der Waals surface area contributed by atoms with Crippen molar-refractivity contribution in [1.82, 2.24) is 9.62 Å². The average Bonchev–Trinajstić information content (AvgIpc) is 2.40. The highest BCUT2D eigenvalue weighted by Crippen LogP contribution is 2.33. The largest absolute Gasteiger partial charge is 0.598 e. The van der Waals surface area contributed by atoms with Crippen LogP contribution in [-0.4, -0.2) is 51.2 Å². The Labute approximate surface area is 151 Å². The molecule has 1 aliphatic rings. The van der Waals surface area contributed by atoms with Gasteiger partial charge >= 0.3 is 12.3 Å². The highest BCUT2D eigenvalue weighted by atomic mass is 32.2. The minimum atomic E-state index is -4.50. The van der Waals surface area contributed by atoms with E-state index in [2.05, 4.69) is 4.72 Å². The van der Waals surface area contributed by atoms with Crippen LogP contribution >= 0.6 is 0 Å². The number of rotatable bonds is 3. The molecule has 0 saturated carbocycles. The van der Waals surface area contributed by atoms with Crippen LogP contribution in [0.15, 0.2) is 0 Å². The maximum Gasteiger partial charge on any atom is 0.410 e. The number of halogens is 3. The summed E-state index contributed by atoms with van der Waals surface area (Å²) in [6, 6.07) is -1.85. The first kappa shape index (κ1) is 22.4. The van der Waals surface area contributed by atoms with Crippen molar-refractivity contribution >= 4 is 17.5 Å². The van der Waals surface area contributed by atoms with Crippen LogP contribution < -0.4 is 4.72 Å². The molecule has 1 aliphatic heterocycles. The number of nitrogens with zero attached hydrogens (tertiary/aromatic N) is 1. The molecule has 2 unspecified atom stereocenters. The van der Waals surface area contributed by atoms with Crippen LogP contribution in [-0.2, 0) is 16.1 Å². The maximum absolute atomic E-state index is 13.4. The van der Waals surface area contributed by atoms with Gasteiger partial charge in [-0.3, -0.25) is 0 Å². The maximum atomic E-state index is 13.4. The van der Waals surface area contributed by atoms with Gasteiger partial charge in [-0.2, -0.15) is 13.2 Å². The second-order valence-electron chi connectivity index (χ2n) is 8.32. The van der Waals surface area contributed by atoms with E-state index >= 15 is 0 Å². The molecule has 0 aromatic heterocycles. The number of nitrogens with one attached hydrogen (secondary N) is 1. The monoisotopic (exact) mass is 386 g/mol. The fourth-order valence-corrected chi connectivity index (χ4v) is 3.37. The average molecular weight is 386 g/mol. The van der Waals surface area contributed by atoms with Crippen LogP contribution in [0.4, 0.5) is 18.0 Å². The summed E-state index contributed by atoms with van der Waals surface area (Å²) < 4.78 is 59.1. The van der Waals surface area contributed by atoms with Gasteiger partial charge in [0.1, 0.15) is 10.3 Å². The van der Waals surface area contributed by atoms with E-state index < -0.39 is 45.9 Å². The lowest BCUT2D eigenvalue weighted by Gasteiger charge is -2.38. The van der Waals surface area contributed by atoms with Gasteiger partial charge in [0.25, 0.3) is 0 Å². The van der Waals surface area contributed by atoms with Gasteiger partial charge in [-0.15, -0.1) is 4.72 Å². The van der Waals surface area contributed by atoms with Crippen LogP contribution in [0.5, 0.6) is 0 Å². The Hall–Kier alpha value is -0.670. The smallest absolute Gasteiger partial charge is 0.410 e. The number of hydrogen-bond donors (Lipinski definition) is 1. The van der Waals surface area contributed by atoms with Crippen molar-refractivity contribution in [3.05, 3.63) is 0 Å². The van der Waals surface area contributed by atoms with Gasteiger partial charge in [-0.25, -0.2) is 4.79 Å². The number of carbonyl (C=O) groups excluding carboxylic acids is 1. The number of hydrogen-bond acceptors (Lipinski definition) is 4. The summed E-state index contributed by atoms with van der Waals surface area (Å²) >= 11 is -1.82. The quantitative estimate of drug-likeness (QED) is 0.753. The van der Waals surface area contributed by atoms with Gasteiger partial charge < -0.3 is 14.2 Å². The lowest BCUT2D eigenvalue weighted by molar-refractivity contribution is -0.166. The molecular formula is C16H29F3N2O3S. The molecule has 0 aromatic rings. The highest BCUT2D eigenvalue weighted by molar-refractivity contribution is 7.90. The summed E-state index contributed by atoms with van der Waals surface area (Å²) in [6.07, 6.45) is -4.66. The third-order valence-corrected chi connectivity index (χ3v) is 5.39. The summed E-state index contributed by atoms with van der Waals surface area (Å²) in [5, 5.41) is 0. The van der Waals surface area contributed by atoms with Crippen molar-refractivity contribution in [2.24, 2.45) is 5.92 Å². The van der Waals surface area contributed by atoms with E-state index in [0.717, 1.165) is 0 Å². The van der Waals surface area contributed by atoms with Crippen LogP contribution in [0.25, 0.3) is 0 Å². The molecule has 25 heavy (non-hydrogen) atoms. The van der Waals surface area contributed by atoms with Crippen LogP contribution in [0.2, 0.25) is 0 Å². The topological polar surface area (TPSA) is 64.6 Å². The van der Waals surface area contributed by atoms with E-state index in [0.29, 0.717) is 0 Å². The first-order chi connectivity index (χ1) is 11.1. The van der Waals surface area contributed by atoms with E-state index in [1.807, 2.05) is 0 Å². The molecule has 0 spiro atoms. The van der Waals surface area contributed by atoms with Crippen molar-refractivity contribution in [1.29, 1.82) is 0 Å². The molecule has 0 radical (unpaired) electrons. The third-order valence-electron chi connectivity index (χ3n) is 3.81. The molecular weight excluding hydrogens is 357 g/mol. The zero-order valence-corrected chi connectivity index (χ0v) is 16.5. The molecule has 148 valence electrons. The van der Waals surface area contributed by atoms with Crippen molar-refractivity contribution in [3.8, 4) is 0 Å².